The molecule has 102 valence electrons. The van der Waals surface area contributed by atoms with Gasteiger partial charge in [0.05, 0.1) is 12.4 Å². The highest BCUT2D eigenvalue weighted by Gasteiger charge is 2.23. The van der Waals surface area contributed by atoms with Gasteiger partial charge in [-0.15, -0.1) is 0 Å². The van der Waals surface area contributed by atoms with Crippen LogP contribution in [0.5, 0.6) is 0 Å². The summed E-state index contributed by atoms with van der Waals surface area (Å²) in [4.78, 5) is 0. The van der Waals surface area contributed by atoms with E-state index in [1.165, 1.54) is 32.1 Å². The summed E-state index contributed by atoms with van der Waals surface area (Å²) in [5.74, 6) is 1.74. The number of hydrogen-bond donors (Lipinski definition) is 0. The van der Waals surface area contributed by atoms with Gasteiger partial charge < -0.3 is 9.47 Å². The van der Waals surface area contributed by atoms with Gasteiger partial charge in [0.25, 0.3) is 0 Å². The maximum Gasteiger partial charge on any atom is 0.158 e. The predicted molar refractivity (Wildman–Crippen MR) is 74.1 cm³/mol. The molecule has 1 aliphatic heterocycles. The smallest absolute Gasteiger partial charge is 0.158 e. The van der Waals surface area contributed by atoms with Crippen LogP contribution in [0, 0.1) is 5.92 Å². The molecule has 2 rings (SSSR count). The molecule has 2 nitrogen and oxygen atoms in total. The summed E-state index contributed by atoms with van der Waals surface area (Å²) in [5.41, 5.74) is 0. The van der Waals surface area contributed by atoms with Crippen LogP contribution in [0.4, 0.5) is 0 Å². The van der Waals surface area contributed by atoms with Gasteiger partial charge >= 0.3 is 0 Å². The van der Waals surface area contributed by atoms with Crippen molar-refractivity contribution in [2.24, 2.45) is 5.92 Å². The van der Waals surface area contributed by atoms with Gasteiger partial charge in [-0.05, 0) is 50.2 Å². The average molecular weight is 250 g/mol. The minimum absolute atomic E-state index is 0.130. The van der Waals surface area contributed by atoms with Crippen LogP contribution in [0.25, 0.3) is 0 Å². The summed E-state index contributed by atoms with van der Waals surface area (Å²) in [7, 11) is 0. The van der Waals surface area contributed by atoms with Crippen LogP contribution in [0.1, 0.15) is 58.8 Å². The minimum atomic E-state index is 0.130. The lowest BCUT2D eigenvalue weighted by Crippen LogP contribution is -2.21. The first-order valence-electron chi connectivity index (χ1n) is 7.43. The van der Waals surface area contributed by atoms with Crippen molar-refractivity contribution in [1.29, 1.82) is 0 Å². The third kappa shape index (κ3) is 4.08. The maximum absolute atomic E-state index is 6.22. The highest BCUT2D eigenvalue weighted by atomic mass is 16.5. The van der Waals surface area contributed by atoms with Gasteiger partial charge in [0.15, 0.2) is 6.10 Å². The highest BCUT2D eigenvalue weighted by Crippen LogP contribution is 2.27. The minimum Gasteiger partial charge on any atom is -0.491 e. The first kappa shape index (κ1) is 13.5. The van der Waals surface area contributed by atoms with Crippen molar-refractivity contribution in [1.82, 2.24) is 0 Å². The Morgan fingerprint density at radius 3 is 2.72 bits per heavy atom. The maximum atomic E-state index is 6.22. The standard InChI is InChI=1S/C16H26O2/c1-13(2)10-11-16(15-9-6-12-17-15)18-14-7-4-3-5-8-14/h6,11-15H,3-5,7-10H2,1-2H3/b16-11+. The molecule has 0 aromatic heterocycles. The van der Waals surface area contributed by atoms with Gasteiger partial charge in [-0.1, -0.05) is 20.3 Å². The van der Waals surface area contributed by atoms with Crippen molar-refractivity contribution in [2.75, 3.05) is 0 Å². The molecule has 1 saturated carbocycles. The Kier molecular flexibility index (Phi) is 5.15. The number of rotatable bonds is 5. The molecule has 2 aliphatic rings. The van der Waals surface area contributed by atoms with E-state index in [0.29, 0.717) is 12.0 Å². The normalized spacial score (nSPS) is 25.5. The second-order valence-corrected chi connectivity index (χ2v) is 5.85. The first-order chi connectivity index (χ1) is 8.75. The predicted octanol–water partition coefficient (Wildman–Crippen LogP) is 4.57. The molecule has 0 bridgehead atoms. The summed E-state index contributed by atoms with van der Waals surface area (Å²) in [6.07, 6.45) is 15.1. The molecule has 1 atom stereocenters. The molecule has 0 spiro atoms. The third-order valence-corrected chi connectivity index (χ3v) is 3.65. The summed E-state index contributed by atoms with van der Waals surface area (Å²) >= 11 is 0. The fourth-order valence-corrected chi connectivity index (χ4v) is 2.55. The molecule has 0 N–H and O–H groups in total. The van der Waals surface area contributed by atoms with E-state index in [2.05, 4.69) is 26.0 Å². The molecule has 0 radical (unpaired) electrons. The van der Waals surface area contributed by atoms with Crippen molar-refractivity contribution in [3.05, 3.63) is 24.2 Å². The largest absolute Gasteiger partial charge is 0.491 e. The molecule has 0 saturated heterocycles. The summed E-state index contributed by atoms with van der Waals surface area (Å²) in [6, 6.07) is 0. The van der Waals surface area contributed by atoms with E-state index >= 15 is 0 Å². The fourth-order valence-electron chi connectivity index (χ4n) is 2.55. The molecule has 1 aliphatic carbocycles. The number of allylic oxidation sites excluding steroid dienone is 1. The molecule has 1 heterocycles. The van der Waals surface area contributed by atoms with E-state index in [-0.39, 0.29) is 6.10 Å². The van der Waals surface area contributed by atoms with Crippen molar-refractivity contribution >= 4 is 0 Å². The van der Waals surface area contributed by atoms with Gasteiger partial charge in [0.2, 0.25) is 0 Å². The van der Waals surface area contributed by atoms with Crippen LogP contribution in [0.2, 0.25) is 0 Å². The van der Waals surface area contributed by atoms with E-state index in [1.54, 1.807) is 6.26 Å². The molecular weight excluding hydrogens is 224 g/mol. The lowest BCUT2D eigenvalue weighted by atomic mass is 9.97. The second kappa shape index (κ2) is 6.86. The van der Waals surface area contributed by atoms with Crippen LogP contribution < -0.4 is 0 Å². The highest BCUT2D eigenvalue weighted by molar-refractivity contribution is 5.07. The van der Waals surface area contributed by atoms with Crippen molar-refractivity contribution in [3.63, 3.8) is 0 Å². The Morgan fingerprint density at radius 1 is 1.33 bits per heavy atom. The van der Waals surface area contributed by atoms with Gasteiger partial charge in [0.1, 0.15) is 5.76 Å². The van der Waals surface area contributed by atoms with Crippen LogP contribution in [0.3, 0.4) is 0 Å². The SMILES string of the molecule is CC(C)C/C=C(/OC1CCCCC1)C1CC=CO1. The van der Waals surface area contributed by atoms with Gasteiger partial charge in [-0.3, -0.25) is 0 Å². The molecule has 0 aromatic rings. The Bertz CT molecular complexity index is 290. The van der Waals surface area contributed by atoms with Crippen LogP contribution >= 0.6 is 0 Å². The van der Waals surface area contributed by atoms with E-state index in [4.69, 9.17) is 9.47 Å². The summed E-state index contributed by atoms with van der Waals surface area (Å²) in [5, 5.41) is 0. The van der Waals surface area contributed by atoms with Crippen LogP contribution in [0.15, 0.2) is 24.2 Å². The van der Waals surface area contributed by atoms with E-state index in [9.17, 15) is 0 Å². The molecule has 2 heteroatoms. The first-order valence-corrected chi connectivity index (χ1v) is 7.43. The molecule has 18 heavy (non-hydrogen) atoms. The van der Waals surface area contributed by atoms with E-state index in [0.717, 1.165) is 18.6 Å². The summed E-state index contributed by atoms with van der Waals surface area (Å²) in [6.45, 7) is 4.48. The number of ether oxygens (including phenoxy) is 2. The Balaban J connectivity index is 1.92. The van der Waals surface area contributed by atoms with Gasteiger partial charge in [0, 0.05) is 6.42 Å². The lowest BCUT2D eigenvalue weighted by Gasteiger charge is -2.27. The summed E-state index contributed by atoms with van der Waals surface area (Å²) < 4.78 is 11.8. The lowest BCUT2D eigenvalue weighted by molar-refractivity contribution is 0.0340. The monoisotopic (exact) mass is 250 g/mol. The van der Waals surface area contributed by atoms with Crippen LogP contribution in [-0.4, -0.2) is 12.2 Å². The zero-order valence-electron chi connectivity index (χ0n) is 11.7. The van der Waals surface area contributed by atoms with Crippen molar-refractivity contribution < 1.29 is 9.47 Å². The quantitative estimate of drug-likeness (QED) is 0.665. The van der Waals surface area contributed by atoms with Gasteiger partial charge in [-0.2, -0.15) is 0 Å². The topological polar surface area (TPSA) is 18.5 Å². The molecule has 0 amide bonds. The van der Waals surface area contributed by atoms with Gasteiger partial charge in [-0.25, -0.2) is 0 Å². The molecule has 1 unspecified atom stereocenters. The Hall–Kier alpha value is -0.920. The molecule has 1 fully saturated rings. The average Bonchev–Trinajstić information content (AvgIpc) is 2.89. The van der Waals surface area contributed by atoms with Crippen molar-refractivity contribution in [2.45, 2.75) is 71.0 Å². The zero-order valence-corrected chi connectivity index (χ0v) is 11.7. The Labute approximate surface area is 111 Å². The second-order valence-electron chi connectivity index (χ2n) is 5.85. The fraction of sp³-hybridized carbons (Fsp3) is 0.750. The Morgan fingerprint density at radius 2 is 2.11 bits per heavy atom. The third-order valence-electron chi connectivity index (χ3n) is 3.65. The van der Waals surface area contributed by atoms with Crippen molar-refractivity contribution in [3.8, 4) is 0 Å². The van der Waals surface area contributed by atoms with E-state index in [1.807, 2.05) is 0 Å². The van der Waals surface area contributed by atoms with E-state index < -0.39 is 0 Å². The molecule has 0 aromatic carbocycles. The van der Waals surface area contributed by atoms with Crippen LogP contribution in [-0.2, 0) is 9.47 Å². The zero-order chi connectivity index (χ0) is 12.8. The number of hydrogen-bond acceptors (Lipinski definition) is 2. The molecular formula is C16H26O2.